The van der Waals surface area contributed by atoms with E-state index in [9.17, 15) is 24.0 Å². The number of piperidine rings is 1. The van der Waals surface area contributed by atoms with Gasteiger partial charge in [0.05, 0.1) is 22.9 Å². The zero-order valence-corrected chi connectivity index (χ0v) is 25.7. The van der Waals surface area contributed by atoms with Gasteiger partial charge < -0.3 is 25.6 Å². The predicted octanol–water partition coefficient (Wildman–Crippen LogP) is 5.06. The van der Waals surface area contributed by atoms with Crippen LogP contribution < -0.4 is 16.0 Å². The Bertz CT molecular complexity index is 1760. The van der Waals surface area contributed by atoms with Crippen LogP contribution in [0.2, 0.25) is 0 Å². The van der Waals surface area contributed by atoms with Crippen molar-refractivity contribution >= 4 is 23.7 Å². The summed E-state index contributed by atoms with van der Waals surface area (Å²) in [6.07, 6.45) is 1.02. The number of nitrogens with one attached hydrogen (secondary N) is 3. The molecule has 0 radical (unpaired) electrons. The number of hydrogen-bond donors (Lipinski definition) is 3. The molecule has 3 aromatic carbocycles. The van der Waals surface area contributed by atoms with Crippen LogP contribution in [0.15, 0.2) is 91.0 Å². The largest absolute Gasteiger partial charge is 0.445 e. The highest BCUT2D eigenvalue weighted by Crippen LogP contribution is 2.25. The zero-order chi connectivity index (χ0) is 33.0. The van der Waals surface area contributed by atoms with E-state index in [4.69, 9.17) is 4.74 Å². The second-order valence-corrected chi connectivity index (χ2v) is 11.0. The fourth-order valence-electron chi connectivity index (χ4n) is 5.35. The van der Waals surface area contributed by atoms with Gasteiger partial charge in [-0.15, -0.1) is 0 Å². The Hall–Kier alpha value is -5.76. The van der Waals surface area contributed by atoms with Gasteiger partial charge in [0.15, 0.2) is 0 Å². The average Bonchev–Trinajstić information content (AvgIpc) is 3.09. The van der Waals surface area contributed by atoms with E-state index in [1.807, 2.05) is 42.5 Å². The van der Waals surface area contributed by atoms with Crippen molar-refractivity contribution in [1.82, 2.24) is 20.5 Å². The highest BCUT2D eigenvalue weighted by atomic mass is 19.1. The van der Waals surface area contributed by atoms with Gasteiger partial charge in [-0.3, -0.25) is 9.59 Å². The summed E-state index contributed by atoms with van der Waals surface area (Å²) in [5, 5.41) is 18.3. The summed E-state index contributed by atoms with van der Waals surface area (Å²) >= 11 is 0. The van der Waals surface area contributed by atoms with E-state index in [0.717, 1.165) is 11.1 Å². The maximum absolute atomic E-state index is 13.7. The molecule has 0 aliphatic carbocycles. The quantitative estimate of drug-likeness (QED) is 0.198. The lowest BCUT2D eigenvalue weighted by molar-refractivity contribution is -0.135. The molecule has 3 amide bonds. The Balaban J connectivity index is 1.20. The number of benzene rings is 3. The number of rotatable bonds is 12. The van der Waals surface area contributed by atoms with Crippen LogP contribution in [-0.4, -0.2) is 60.0 Å². The number of amides is 3. The van der Waals surface area contributed by atoms with E-state index >= 15 is 0 Å². The number of anilines is 1. The van der Waals surface area contributed by atoms with Gasteiger partial charge in [-0.1, -0.05) is 60.7 Å². The smallest absolute Gasteiger partial charge is 0.408 e. The predicted molar refractivity (Wildman–Crippen MR) is 175 cm³/mol. The molecule has 1 atom stereocenters. The normalized spacial score (nSPS) is 14.2. The molecule has 3 N–H and O–H groups in total. The first-order valence-electron chi connectivity index (χ1n) is 15.4. The van der Waals surface area contributed by atoms with E-state index in [0.29, 0.717) is 55.0 Å². The molecule has 1 aliphatic rings. The summed E-state index contributed by atoms with van der Waals surface area (Å²) < 4.78 is 19.0. The van der Waals surface area contributed by atoms with Crippen molar-refractivity contribution in [3.8, 4) is 17.3 Å². The van der Waals surface area contributed by atoms with Gasteiger partial charge in [0.1, 0.15) is 24.3 Å². The summed E-state index contributed by atoms with van der Waals surface area (Å²) in [6, 6.07) is 27.4. The molecule has 240 valence electrons. The van der Waals surface area contributed by atoms with Gasteiger partial charge in [-0.2, -0.15) is 5.26 Å². The third kappa shape index (κ3) is 8.92. The van der Waals surface area contributed by atoms with Crippen LogP contribution in [0.25, 0.3) is 11.3 Å². The van der Waals surface area contributed by atoms with Crippen LogP contribution in [0.1, 0.15) is 39.9 Å². The summed E-state index contributed by atoms with van der Waals surface area (Å²) in [5.41, 5.74) is 3.52. The minimum atomic E-state index is -0.704. The summed E-state index contributed by atoms with van der Waals surface area (Å²) in [7, 11) is 0. The summed E-state index contributed by atoms with van der Waals surface area (Å²) in [4.78, 5) is 45.1. The van der Waals surface area contributed by atoms with E-state index in [1.165, 1.54) is 12.1 Å². The molecule has 1 aromatic heterocycles. The van der Waals surface area contributed by atoms with Crippen molar-refractivity contribution in [3.63, 3.8) is 0 Å². The number of aromatic nitrogens is 1. The van der Waals surface area contributed by atoms with E-state index in [2.05, 4.69) is 27.0 Å². The Labute approximate surface area is 272 Å². The van der Waals surface area contributed by atoms with Crippen LogP contribution in [0.3, 0.4) is 0 Å². The lowest BCUT2D eigenvalue weighted by atomic mass is 10.0. The molecule has 2 heterocycles. The Morgan fingerprint density at radius 2 is 1.77 bits per heavy atom. The fourth-order valence-corrected chi connectivity index (χ4v) is 5.35. The van der Waals surface area contributed by atoms with Gasteiger partial charge in [0, 0.05) is 31.7 Å². The minimum Gasteiger partial charge on any atom is -0.445 e. The molecular formula is C36H35FN6O4. The van der Waals surface area contributed by atoms with Crippen LogP contribution in [0, 0.1) is 17.1 Å². The van der Waals surface area contributed by atoms with E-state index in [-0.39, 0.29) is 37.0 Å². The molecule has 0 saturated carbocycles. The van der Waals surface area contributed by atoms with Crippen LogP contribution in [0.5, 0.6) is 0 Å². The fraction of sp³-hybridized carbons (Fsp3) is 0.250. The first kappa shape index (κ1) is 32.6. The Morgan fingerprint density at radius 1 is 0.979 bits per heavy atom. The van der Waals surface area contributed by atoms with Crippen molar-refractivity contribution in [3.05, 3.63) is 119 Å². The highest BCUT2D eigenvalue weighted by molar-refractivity contribution is 5.99. The average molecular weight is 635 g/mol. The van der Waals surface area contributed by atoms with Crippen molar-refractivity contribution in [2.45, 2.75) is 31.9 Å². The third-order valence-electron chi connectivity index (χ3n) is 7.76. The molecular weight excluding hydrogens is 599 g/mol. The standard InChI is InChI=1S/C36H35FN6O4/c37-28-12-6-10-25(22-28)17-18-39-33-30(15-16-31(41-33)29-13-5-4-11-27(29)23-38)34(44)40-19-21-43-20-7-14-32(35(43)45)42-36(46)47-24-26-8-2-1-3-9-26/h1-6,8-13,15-16,22,32H,7,14,17-21,24H2,(H,39,41)(H,40,44)(H,42,46)/t32-/m0/s1. The molecule has 0 bridgehead atoms. The van der Waals surface area contributed by atoms with Gasteiger partial charge in [0.25, 0.3) is 5.91 Å². The second kappa shape index (κ2) is 16.0. The molecule has 0 unspecified atom stereocenters. The number of hydrogen-bond acceptors (Lipinski definition) is 7. The topological polar surface area (TPSA) is 136 Å². The molecule has 10 nitrogen and oxygen atoms in total. The number of carbonyl (C=O) groups excluding carboxylic acids is 3. The van der Waals surface area contributed by atoms with Crippen molar-refractivity contribution in [2.24, 2.45) is 0 Å². The summed E-state index contributed by atoms with van der Waals surface area (Å²) in [5.74, 6) is -0.636. The van der Waals surface area contributed by atoms with Crippen LogP contribution in [-0.2, 0) is 22.6 Å². The molecule has 5 rings (SSSR count). The van der Waals surface area contributed by atoms with Crippen molar-refractivity contribution in [2.75, 3.05) is 31.5 Å². The van der Waals surface area contributed by atoms with E-state index < -0.39 is 18.0 Å². The molecule has 1 aliphatic heterocycles. The van der Waals surface area contributed by atoms with Crippen LogP contribution in [0.4, 0.5) is 15.0 Å². The molecule has 1 fully saturated rings. The molecule has 0 spiro atoms. The Morgan fingerprint density at radius 3 is 2.57 bits per heavy atom. The molecule has 47 heavy (non-hydrogen) atoms. The lowest BCUT2D eigenvalue weighted by Crippen LogP contribution is -2.53. The number of carbonyl (C=O) groups is 3. The number of likely N-dealkylation sites (tertiary alicyclic amines) is 1. The number of ether oxygens (including phenoxy) is 1. The van der Waals surface area contributed by atoms with Gasteiger partial charge in [-0.05, 0) is 60.7 Å². The van der Waals surface area contributed by atoms with Gasteiger partial charge in [0.2, 0.25) is 5.91 Å². The van der Waals surface area contributed by atoms with E-state index in [1.54, 1.807) is 41.3 Å². The maximum atomic E-state index is 13.7. The number of pyridine rings is 1. The SMILES string of the molecule is N#Cc1ccccc1-c1ccc(C(=O)NCCN2CCC[C@H](NC(=O)OCc3ccccc3)C2=O)c(NCCc2cccc(F)c2)n1. The lowest BCUT2D eigenvalue weighted by Gasteiger charge is -2.32. The monoisotopic (exact) mass is 634 g/mol. The molecule has 1 saturated heterocycles. The van der Waals surface area contributed by atoms with Gasteiger partial charge >= 0.3 is 6.09 Å². The second-order valence-electron chi connectivity index (χ2n) is 11.0. The number of nitriles is 1. The first-order valence-corrected chi connectivity index (χ1v) is 15.4. The highest BCUT2D eigenvalue weighted by Gasteiger charge is 2.30. The maximum Gasteiger partial charge on any atom is 0.408 e. The minimum absolute atomic E-state index is 0.103. The zero-order valence-electron chi connectivity index (χ0n) is 25.7. The van der Waals surface area contributed by atoms with Crippen LogP contribution >= 0.6 is 0 Å². The van der Waals surface area contributed by atoms with Crippen molar-refractivity contribution < 1.29 is 23.5 Å². The summed E-state index contributed by atoms with van der Waals surface area (Å²) in [6.45, 7) is 1.42. The molecule has 11 heteroatoms. The Kier molecular flexibility index (Phi) is 11.1. The number of alkyl carbamates (subject to hydrolysis) is 1. The third-order valence-corrected chi connectivity index (χ3v) is 7.76. The number of halogens is 1. The molecule has 4 aromatic rings. The van der Waals surface area contributed by atoms with Crippen molar-refractivity contribution in [1.29, 1.82) is 5.26 Å². The number of nitrogens with zero attached hydrogens (tertiary/aromatic N) is 3. The first-order chi connectivity index (χ1) is 22.9. The van der Waals surface area contributed by atoms with Gasteiger partial charge in [-0.25, -0.2) is 14.2 Å².